The maximum Gasteiger partial charge on any atom is 0.350 e. The van der Waals surface area contributed by atoms with E-state index >= 15 is 0 Å². The van der Waals surface area contributed by atoms with E-state index in [1.165, 1.54) is 5.56 Å². The van der Waals surface area contributed by atoms with Gasteiger partial charge in [-0.05, 0) is 95.4 Å². The van der Waals surface area contributed by atoms with Crippen molar-refractivity contribution in [1.82, 2.24) is 0 Å². The van der Waals surface area contributed by atoms with Crippen LogP contribution >= 0.6 is 11.8 Å². The van der Waals surface area contributed by atoms with Gasteiger partial charge in [-0.25, -0.2) is 4.79 Å². The Kier molecular flexibility index (Phi) is 9.81. The lowest BCUT2D eigenvalue weighted by atomic mass is 9.84. The van der Waals surface area contributed by atoms with Crippen LogP contribution in [0.2, 0.25) is 0 Å². The molecule has 34 heavy (non-hydrogen) atoms. The van der Waals surface area contributed by atoms with Crippen LogP contribution in [-0.4, -0.2) is 29.7 Å². The largest absolute Gasteiger partial charge is 0.476 e. The predicted molar refractivity (Wildman–Crippen MR) is 141 cm³/mol. The highest BCUT2D eigenvalue weighted by Gasteiger charge is 2.33. The summed E-state index contributed by atoms with van der Waals surface area (Å²) < 4.78 is 11.5. The number of aryl methyl sites for hydroxylation is 3. The van der Waals surface area contributed by atoms with E-state index in [2.05, 4.69) is 19.1 Å². The zero-order valence-corrected chi connectivity index (χ0v) is 23.0. The molecule has 4 nitrogen and oxygen atoms in total. The van der Waals surface area contributed by atoms with Gasteiger partial charge in [0.15, 0.2) is 11.4 Å². The van der Waals surface area contributed by atoms with Gasteiger partial charge in [-0.2, -0.15) is 0 Å². The predicted octanol–water partition coefficient (Wildman–Crippen LogP) is 7.22. The van der Waals surface area contributed by atoms with Crippen LogP contribution in [0.15, 0.2) is 41.3 Å². The molecular weight excluding hydrogens is 444 g/mol. The number of esters is 1. The lowest BCUT2D eigenvalue weighted by Gasteiger charge is -2.27. The molecule has 0 saturated heterocycles. The van der Waals surface area contributed by atoms with E-state index in [9.17, 15) is 9.59 Å². The lowest BCUT2D eigenvalue weighted by molar-refractivity contribution is -0.163. The van der Waals surface area contributed by atoms with E-state index in [1.54, 1.807) is 25.6 Å². The van der Waals surface area contributed by atoms with E-state index in [0.717, 1.165) is 40.2 Å². The first-order valence-electron chi connectivity index (χ1n) is 12.0. The summed E-state index contributed by atoms with van der Waals surface area (Å²) in [7, 11) is 0. The molecule has 5 heteroatoms. The molecule has 0 bridgehead atoms. The SMILES string of the molecule is CSc1ccc(C(=O)[C@H](C)[C@@H](C)CCc2cc(C)c(OC(C)(C)C(=O)OC(C)C)c(C)c2)cc1. The van der Waals surface area contributed by atoms with Crippen LogP contribution in [0.25, 0.3) is 0 Å². The second kappa shape index (κ2) is 11.9. The highest BCUT2D eigenvalue weighted by molar-refractivity contribution is 7.98. The smallest absolute Gasteiger partial charge is 0.350 e. The van der Waals surface area contributed by atoms with E-state index < -0.39 is 5.60 Å². The average Bonchev–Trinajstić information content (AvgIpc) is 2.78. The molecule has 0 spiro atoms. The Hall–Kier alpha value is -2.27. The fourth-order valence-electron chi connectivity index (χ4n) is 3.92. The molecule has 0 unspecified atom stereocenters. The molecule has 0 aliphatic heterocycles. The number of hydrogen-bond acceptors (Lipinski definition) is 5. The second-order valence-electron chi connectivity index (χ2n) is 10.0. The third-order valence-corrected chi connectivity index (χ3v) is 6.99. The van der Waals surface area contributed by atoms with Gasteiger partial charge in [-0.15, -0.1) is 11.8 Å². The van der Waals surface area contributed by atoms with Crippen LogP contribution < -0.4 is 4.74 Å². The number of carbonyl (C=O) groups excluding carboxylic acids is 2. The zero-order chi connectivity index (χ0) is 25.6. The molecule has 0 aliphatic rings. The van der Waals surface area contributed by atoms with Gasteiger partial charge in [-0.3, -0.25) is 4.79 Å². The minimum Gasteiger partial charge on any atom is -0.476 e. The number of ketones is 1. The molecule has 2 aromatic rings. The summed E-state index contributed by atoms with van der Waals surface area (Å²) in [5, 5.41) is 0. The van der Waals surface area contributed by atoms with E-state index in [-0.39, 0.29) is 29.7 Å². The van der Waals surface area contributed by atoms with Crippen LogP contribution in [-0.2, 0) is 16.0 Å². The maximum atomic E-state index is 12.9. The van der Waals surface area contributed by atoms with Crippen molar-refractivity contribution < 1.29 is 19.1 Å². The van der Waals surface area contributed by atoms with Crippen LogP contribution in [0.1, 0.15) is 75.0 Å². The summed E-state index contributed by atoms with van der Waals surface area (Å²) >= 11 is 1.68. The van der Waals surface area contributed by atoms with Crippen molar-refractivity contribution in [3.63, 3.8) is 0 Å². The summed E-state index contributed by atoms with van der Waals surface area (Å²) in [6.45, 7) is 15.3. The third-order valence-electron chi connectivity index (χ3n) is 6.24. The van der Waals surface area contributed by atoms with Crippen molar-refractivity contribution in [2.24, 2.45) is 11.8 Å². The van der Waals surface area contributed by atoms with Gasteiger partial charge >= 0.3 is 5.97 Å². The van der Waals surface area contributed by atoms with Crippen molar-refractivity contribution in [2.45, 2.75) is 84.8 Å². The topological polar surface area (TPSA) is 52.6 Å². The number of ether oxygens (including phenoxy) is 2. The number of carbonyl (C=O) groups is 2. The molecule has 0 aliphatic carbocycles. The Bertz CT molecular complexity index is 969. The van der Waals surface area contributed by atoms with E-state index in [1.807, 2.05) is 65.1 Å². The average molecular weight is 485 g/mol. The maximum absolute atomic E-state index is 12.9. The third kappa shape index (κ3) is 7.36. The fraction of sp³-hybridized carbons (Fsp3) is 0.517. The monoisotopic (exact) mass is 484 g/mol. The molecule has 2 aromatic carbocycles. The molecule has 0 radical (unpaired) electrons. The fourth-order valence-corrected chi connectivity index (χ4v) is 4.33. The van der Waals surface area contributed by atoms with E-state index in [4.69, 9.17) is 9.47 Å². The lowest BCUT2D eigenvalue weighted by Crippen LogP contribution is -2.41. The Labute approximate surface area is 209 Å². The van der Waals surface area contributed by atoms with Gasteiger partial charge in [0.25, 0.3) is 0 Å². The Morgan fingerprint density at radius 1 is 0.971 bits per heavy atom. The molecule has 0 aromatic heterocycles. The number of Topliss-reactive ketones (excluding diaryl/α,β-unsaturated/α-hetero) is 1. The number of thioether (sulfide) groups is 1. The summed E-state index contributed by atoms with van der Waals surface area (Å²) in [6, 6.07) is 12.1. The Morgan fingerprint density at radius 2 is 1.53 bits per heavy atom. The molecule has 0 fully saturated rings. The van der Waals surface area contributed by atoms with Gasteiger partial charge in [-0.1, -0.05) is 38.1 Å². The Morgan fingerprint density at radius 3 is 2.03 bits per heavy atom. The summed E-state index contributed by atoms with van der Waals surface area (Å²) in [6.07, 6.45) is 3.64. The number of benzene rings is 2. The van der Waals surface area contributed by atoms with Crippen molar-refractivity contribution in [2.75, 3.05) is 6.26 Å². The van der Waals surface area contributed by atoms with Crippen molar-refractivity contribution in [3.05, 3.63) is 58.7 Å². The first kappa shape index (κ1) is 28.0. The molecule has 0 saturated carbocycles. The highest BCUT2D eigenvalue weighted by Crippen LogP contribution is 2.31. The molecule has 0 amide bonds. The molecule has 2 atom stereocenters. The minimum absolute atomic E-state index is 0.0438. The molecule has 2 rings (SSSR count). The number of rotatable bonds is 11. The van der Waals surface area contributed by atoms with Gasteiger partial charge in [0.1, 0.15) is 5.75 Å². The molecular formula is C29H40O4S. The standard InChI is InChI=1S/C29H40O4S/c1-18(2)32-28(31)29(7,8)33-27-20(4)16-23(17-21(27)5)11-10-19(3)22(6)26(30)24-12-14-25(34-9)15-13-24/h12-19,22H,10-11H2,1-9H3/t19-,22+/m0/s1. The van der Waals surface area contributed by atoms with Crippen molar-refractivity contribution in [3.8, 4) is 5.75 Å². The van der Waals surface area contributed by atoms with Crippen LogP contribution in [0.5, 0.6) is 5.75 Å². The summed E-state index contributed by atoms with van der Waals surface area (Å²) in [4.78, 5) is 26.5. The normalized spacial score (nSPS) is 13.5. The summed E-state index contributed by atoms with van der Waals surface area (Å²) in [5.74, 6) is 0.763. The number of hydrogen-bond donors (Lipinski definition) is 0. The summed E-state index contributed by atoms with van der Waals surface area (Å²) in [5.41, 5.74) is 2.90. The van der Waals surface area contributed by atoms with Gasteiger partial charge in [0, 0.05) is 16.4 Å². The van der Waals surface area contributed by atoms with Crippen molar-refractivity contribution in [1.29, 1.82) is 0 Å². The van der Waals surface area contributed by atoms with Crippen LogP contribution in [0.3, 0.4) is 0 Å². The molecule has 186 valence electrons. The first-order valence-corrected chi connectivity index (χ1v) is 13.3. The minimum atomic E-state index is -1.07. The van der Waals surface area contributed by atoms with Crippen LogP contribution in [0, 0.1) is 25.7 Å². The second-order valence-corrected chi connectivity index (χ2v) is 10.9. The first-order chi connectivity index (χ1) is 15.9. The molecule has 0 heterocycles. The highest BCUT2D eigenvalue weighted by atomic mass is 32.2. The quantitative estimate of drug-likeness (QED) is 0.191. The zero-order valence-electron chi connectivity index (χ0n) is 22.2. The molecule has 0 N–H and O–H groups in total. The van der Waals surface area contributed by atoms with Crippen LogP contribution in [0.4, 0.5) is 0 Å². The van der Waals surface area contributed by atoms with Gasteiger partial charge < -0.3 is 9.47 Å². The van der Waals surface area contributed by atoms with E-state index in [0.29, 0.717) is 0 Å². The van der Waals surface area contributed by atoms with Crippen molar-refractivity contribution >= 4 is 23.5 Å². The van der Waals surface area contributed by atoms with Gasteiger partial charge in [0.2, 0.25) is 0 Å². The van der Waals surface area contributed by atoms with Gasteiger partial charge in [0.05, 0.1) is 6.10 Å². The Balaban J connectivity index is 2.04.